The molecule has 0 aliphatic carbocycles. The largest absolute Gasteiger partial charge is 0.353 e. The van der Waals surface area contributed by atoms with E-state index in [0.29, 0.717) is 18.5 Å². The lowest BCUT2D eigenvalue weighted by molar-refractivity contribution is 0.677. The van der Waals surface area contributed by atoms with Gasteiger partial charge >= 0.3 is 0 Å². The van der Waals surface area contributed by atoms with Gasteiger partial charge in [0, 0.05) is 25.0 Å². The molecule has 0 spiro atoms. The fraction of sp³-hybridized carbons (Fsp3) is 0.556. The molecule has 1 aromatic heterocycles. The van der Waals surface area contributed by atoms with Crippen LogP contribution in [0.1, 0.15) is 13.8 Å². The van der Waals surface area contributed by atoms with Crippen molar-refractivity contribution in [3.8, 4) is 0 Å². The zero-order valence-corrected chi connectivity index (χ0v) is 9.14. The first-order chi connectivity index (χ1) is 7.22. The van der Waals surface area contributed by atoms with Gasteiger partial charge in [-0.1, -0.05) is 0 Å². The first-order valence-corrected chi connectivity index (χ1v) is 4.95. The third-order valence-corrected chi connectivity index (χ3v) is 1.75. The summed E-state index contributed by atoms with van der Waals surface area (Å²) in [5.41, 5.74) is 2.53. The summed E-state index contributed by atoms with van der Waals surface area (Å²) in [5.74, 6) is 5.93. The van der Waals surface area contributed by atoms with E-state index in [1.165, 1.54) is 0 Å². The summed E-state index contributed by atoms with van der Waals surface area (Å²) in [6.45, 7) is 5.52. The van der Waals surface area contributed by atoms with E-state index in [1.54, 1.807) is 12.5 Å². The molecule has 6 nitrogen and oxygen atoms in total. The van der Waals surface area contributed by atoms with Crippen molar-refractivity contribution in [1.29, 1.82) is 0 Å². The lowest BCUT2D eigenvalue weighted by atomic mass is 10.4. The van der Waals surface area contributed by atoms with Gasteiger partial charge in [-0.25, -0.2) is 10.8 Å². The van der Waals surface area contributed by atoms with Crippen LogP contribution in [0, 0.1) is 0 Å². The quantitative estimate of drug-likeness (QED) is 0.276. The van der Waals surface area contributed by atoms with Crippen LogP contribution in [0.25, 0.3) is 0 Å². The predicted octanol–water partition coefficient (Wildman–Crippen LogP) is -0.300. The SMILES string of the molecule is CC(C)NC(=NCCn1ccnc1)NN. The Morgan fingerprint density at radius 1 is 1.60 bits per heavy atom. The van der Waals surface area contributed by atoms with Crippen LogP contribution in [0.3, 0.4) is 0 Å². The molecule has 1 heterocycles. The topological polar surface area (TPSA) is 80.3 Å². The molecule has 0 saturated carbocycles. The molecule has 0 atom stereocenters. The summed E-state index contributed by atoms with van der Waals surface area (Å²) >= 11 is 0. The number of rotatable bonds is 4. The Kier molecular flexibility index (Phi) is 4.62. The number of aliphatic imine (C=N–C) groups is 1. The minimum atomic E-state index is 0.313. The Morgan fingerprint density at radius 3 is 2.93 bits per heavy atom. The van der Waals surface area contributed by atoms with Crippen LogP contribution < -0.4 is 16.6 Å². The van der Waals surface area contributed by atoms with E-state index < -0.39 is 0 Å². The highest BCUT2D eigenvalue weighted by atomic mass is 15.3. The number of aromatic nitrogens is 2. The maximum atomic E-state index is 5.32. The van der Waals surface area contributed by atoms with Gasteiger partial charge in [-0.2, -0.15) is 0 Å². The summed E-state index contributed by atoms with van der Waals surface area (Å²) in [6.07, 6.45) is 5.42. The third-order valence-electron chi connectivity index (χ3n) is 1.75. The summed E-state index contributed by atoms with van der Waals surface area (Å²) in [7, 11) is 0. The van der Waals surface area contributed by atoms with Crippen molar-refractivity contribution in [2.24, 2.45) is 10.8 Å². The second-order valence-electron chi connectivity index (χ2n) is 3.47. The van der Waals surface area contributed by atoms with Crippen LogP contribution in [-0.4, -0.2) is 28.1 Å². The number of hydrogen-bond donors (Lipinski definition) is 3. The number of nitrogens with two attached hydrogens (primary N) is 1. The zero-order valence-electron chi connectivity index (χ0n) is 9.14. The monoisotopic (exact) mass is 210 g/mol. The van der Waals surface area contributed by atoms with Crippen LogP contribution in [0.4, 0.5) is 0 Å². The van der Waals surface area contributed by atoms with Gasteiger partial charge in [-0.05, 0) is 13.8 Å². The third kappa shape index (κ3) is 4.46. The van der Waals surface area contributed by atoms with E-state index in [0.717, 1.165) is 6.54 Å². The smallest absolute Gasteiger partial charge is 0.205 e. The molecular weight excluding hydrogens is 192 g/mol. The lowest BCUT2D eigenvalue weighted by Crippen LogP contribution is -2.44. The fourth-order valence-electron chi connectivity index (χ4n) is 1.10. The Hall–Kier alpha value is -1.56. The van der Waals surface area contributed by atoms with Crippen LogP contribution in [0.5, 0.6) is 0 Å². The van der Waals surface area contributed by atoms with Gasteiger partial charge in [0.2, 0.25) is 5.96 Å². The van der Waals surface area contributed by atoms with Crippen LogP contribution in [0.2, 0.25) is 0 Å². The maximum absolute atomic E-state index is 5.32. The molecular formula is C9H18N6. The van der Waals surface area contributed by atoms with E-state index in [4.69, 9.17) is 5.84 Å². The first kappa shape index (κ1) is 11.5. The molecule has 15 heavy (non-hydrogen) atoms. The van der Waals surface area contributed by atoms with Gasteiger partial charge in [0.15, 0.2) is 0 Å². The van der Waals surface area contributed by atoms with E-state index in [9.17, 15) is 0 Å². The van der Waals surface area contributed by atoms with Gasteiger partial charge in [0.1, 0.15) is 0 Å². The lowest BCUT2D eigenvalue weighted by Gasteiger charge is -2.11. The number of nitrogens with zero attached hydrogens (tertiary/aromatic N) is 3. The van der Waals surface area contributed by atoms with Gasteiger partial charge in [-0.15, -0.1) is 0 Å². The Balaban J connectivity index is 2.34. The molecule has 6 heteroatoms. The second-order valence-corrected chi connectivity index (χ2v) is 3.47. The van der Waals surface area contributed by atoms with Crippen molar-refractivity contribution in [2.75, 3.05) is 6.54 Å². The first-order valence-electron chi connectivity index (χ1n) is 4.95. The number of guanidine groups is 1. The molecule has 0 unspecified atom stereocenters. The standard InChI is InChI=1S/C9H18N6/c1-8(2)13-9(14-10)12-4-6-15-5-3-11-7-15/h3,5,7-8H,4,6,10H2,1-2H3,(H2,12,13,14). The molecule has 0 saturated heterocycles. The summed E-state index contributed by atoms with van der Waals surface area (Å²) < 4.78 is 1.97. The fourth-order valence-corrected chi connectivity index (χ4v) is 1.10. The Bertz CT molecular complexity index is 290. The molecule has 0 bridgehead atoms. The summed E-state index contributed by atoms with van der Waals surface area (Å²) in [4.78, 5) is 8.23. The van der Waals surface area contributed by atoms with Crippen molar-refractivity contribution < 1.29 is 0 Å². The summed E-state index contributed by atoms with van der Waals surface area (Å²) in [5, 5.41) is 3.10. The highest BCUT2D eigenvalue weighted by Crippen LogP contribution is 1.86. The average molecular weight is 210 g/mol. The van der Waals surface area contributed by atoms with Crippen LogP contribution in [0.15, 0.2) is 23.7 Å². The van der Waals surface area contributed by atoms with Crippen molar-refractivity contribution in [3.63, 3.8) is 0 Å². The minimum Gasteiger partial charge on any atom is -0.353 e. The molecule has 0 aliphatic heterocycles. The highest BCUT2D eigenvalue weighted by molar-refractivity contribution is 5.79. The molecule has 1 rings (SSSR count). The molecule has 0 amide bonds. The number of imidazole rings is 1. The van der Waals surface area contributed by atoms with E-state index in [2.05, 4.69) is 20.7 Å². The van der Waals surface area contributed by atoms with Crippen molar-refractivity contribution in [3.05, 3.63) is 18.7 Å². The minimum absolute atomic E-state index is 0.313. The van der Waals surface area contributed by atoms with Gasteiger partial charge in [0.05, 0.1) is 12.9 Å². The molecule has 4 N–H and O–H groups in total. The molecule has 0 aliphatic rings. The number of nitrogens with one attached hydrogen (secondary N) is 2. The molecule has 1 aromatic rings. The van der Waals surface area contributed by atoms with Gasteiger partial charge < -0.3 is 9.88 Å². The molecule has 0 radical (unpaired) electrons. The van der Waals surface area contributed by atoms with Crippen molar-refractivity contribution in [2.45, 2.75) is 26.4 Å². The average Bonchev–Trinajstić information content (AvgIpc) is 2.68. The zero-order chi connectivity index (χ0) is 11.1. The normalized spacial score (nSPS) is 11.9. The van der Waals surface area contributed by atoms with Crippen LogP contribution in [-0.2, 0) is 6.54 Å². The maximum Gasteiger partial charge on any atom is 0.205 e. The Morgan fingerprint density at radius 2 is 2.40 bits per heavy atom. The predicted molar refractivity (Wildman–Crippen MR) is 60.1 cm³/mol. The van der Waals surface area contributed by atoms with Crippen LogP contribution >= 0.6 is 0 Å². The van der Waals surface area contributed by atoms with Crippen molar-refractivity contribution in [1.82, 2.24) is 20.3 Å². The highest BCUT2D eigenvalue weighted by Gasteiger charge is 1.97. The second kappa shape index (κ2) is 6.02. The van der Waals surface area contributed by atoms with Gasteiger partial charge in [-0.3, -0.25) is 10.4 Å². The molecule has 0 fully saturated rings. The molecule has 0 aromatic carbocycles. The van der Waals surface area contributed by atoms with E-state index in [1.807, 2.05) is 24.6 Å². The number of hydrogen-bond acceptors (Lipinski definition) is 3. The van der Waals surface area contributed by atoms with Crippen molar-refractivity contribution >= 4 is 5.96 Å². The Labute approximate surface area is 89.6 Å². The van der Waals surface area contributed by atoms with E-state index >= 15 is 0 Å². The van der Waals surface area contributed by atoms with E-state index in [-0.39, 0.29) is 0 Å². The van der Waals surface area contributed by atoms with Gasteiger partial charge in [0.25, 0.3) is 0 Å². The summed E-state index contributed by atoms with van der Waals surface area (Å²) in [6, 6.07) is 0.313. The molecule has 84 valence electrons. The number of hydrazine groups is 1.